The lowest BCUT2D eigenvalue weighted by atomic mass is 10.1. The quantitative estimate of drug-likeness (QED) is 0.864. The van der Waals surface area contributed by atoms with E-state index < -0.39 is 23.5 Å². The van der Waals surface area contributed by atoms with Gasteiger partial charge in [-0.05, 0) is 24.2 Å². The number of rotatable bonds is 4. The number of aromatic nitrogens is 2. The first-order chi connectivity index (χ1) is 9.04. The molecule has 1 unspecified atom stereocenters. The highest BCUT2D eigenvalue weighted by molar-refractivity contribution is 5.27. The Morgan fingerprint density at radius 1 is 1.26 bits per heavy atom. The van der Waals surface area contributed by atoms with Crippen LogP contribution in [0.25, 0.3) is 0 Å². The molecular weight excluding hydrogens is 255 g/mol. The molecule has 1 heterocycles. The highest BCUT2D eigenvalue weighted by atomic mass is 19.2. The lowest BCUT2D eigenvalue weighted by molar-refractivity contribution is 0.441. The van der Waals surface area contributed by atoms with E-state index in [1.165, 1.54) is 0 Å². The standard InChI is InChI=1S/C13H14F3N3/c1-3-17-12(13-18-4-5-19(13)2)8-6-9(14)11(16)10(15)7-8/h4-7,12,17H,3H2,1-2H3. The Morgan fingerprint density at radius 3 is 2.37 bits per heavy atom. The fourth-order valence-electron chi connectivity index (χ4n) is 1.96. The van der Waals surface area contributed by atoms with Gasteiger partial charge in [0.05, 0.1) is 6.04 Å². The van der Waals surface area contributed by atoms with Crippen molar-refractivity contribution in [2.24, 2.45) is 7.05 Å². The molecule has 102 valence electrons. The van der Waals surface area contributed by atoms with E-state index in [1.54, 1.807) is 24.0 Å². The van der Waals surface area contributed by atoms with E-state index in [4.69, 9.17) is 0 Å². The maximum absolute atomic E-state index is 13.3. The molecule has 2 rings (SSSR count). The van der Waals surface area contributed by atoms with E-state index in [9.17, 15) is 13.2 Å². The smallest absolute Gasteiger partial charge is 0.194 e. The van der Waals surface area contributed by atoms with Gasteiger partial charge in [-0.15, -0.1) is 0 Å². The van der Waals surface area contributed by atoms with E-state index in [0.717, 1.165) is 12.1 Å². The highest BCUT2D eigenvalue weighted by Crippen LogP contribution is 2.23. The van der Waals surface area contributed by atoms with Gasteiger partial charge >= 0.3 is 0 Å². The van der Waals surface area contributed by atoms with Crippen molar-refractivity contribution < 1.29 is 13.2 Å². The Morgan fingerprint density at radius 2 is 1.89 bits per heavy atom. The average molecular weight is 269 g/mol. The first kappa shape index (κ1) is 13.6. The van der Waals surface area contributed by atoms with Crippen LogP contribution in [0.15, 0.2) is 24.5 Å². The number of halogens is 3. The van der Waals surface area contributed by atoms with Crippen molar-refractivity contribution >= 4 is 0 Å². The molecule has 1 aromatic heterocycles. The number of imidazole rings is 1. The summed E-state index contributed by atoms with van der Waals surface area (Å²) in [5.41, 5.74) is 0.299. The molecule has 0 fully saturated rings. The first-order valence-corrected chi connectivity index (χ1v) is 5.89. The maximum atomic E-state index is 13.3. The molecule has 19 heavy (non-hydrogen) atoms. The van der Waals surface area contributed by atoms with Gasteiger partial charge in [0.1, 0.15) is 5.82 Å². The summed E-state index contributed by atoms with van der Waals surface area (Å²) < 4.78 is 41.4. The van der Waals surface area contributed by atoms with Crippen molar-refractivity contribution in [2.45, 2.75) is 13.0 Å². The van der Waals surface area contributed by atoms with Crippen LogP contribution in [0.5, 0.6) is 0 Å². The summed E-state index contributed by atoms with van der Waals surface area (Å²) in [6.45, 7) is 2.45. The second-order valence-corrected chi connectivity index (χ2v) is 4.19. The molecule has 0 saturated heterocycles. The van der Waals surface area contributed by atoms with Crippen molar-refractivity contribution in [2.75, 3.05) is 6.54 Å². The minimum Gasteiger partial charge on any atom is -0.336 e. The minimum absolute atomic E-state index is 0.299. The molecule has 0 aliphatic rings. The van der Waals surface area contributed by atoms with Crippen LogP contribution >= 0.6 is 0 Å². The molecule has 0 spiro atoms. The van der Waals surface area contributed by atoms with E-state index in [2.05, 4.69) is 10.3 Å². The minimum atomic E-state index is -1.46. The summed E-state index contributed by atoms with van der Waals surface area (Å²) in [5.74, 6) is -3.26. The molecule has 1 atom stereocenters. The van der Waals surface area contributed by atoms with Gasteiger partial charge in [-0.3, -0.25) is 0 Å². The van der Waals surface area contributed by atoms with Crippen molar-refractivity contribution in [1.82, 2.24) is 14.9 Å². The second-order valence-electron chi connectivity index (χ2n) is 4.19. The summed E-state index contributed by atoms with van der Waals surface area (Å²) in [5, 5.41) is 3.08. The lowest BCUT2D eigenvalue weighted by Gasteiger charge is -2.18. The van der Waals surface area contributed by atoms with Gasteiger partial charge in [0.2, 0.25) is 0 Å². The van der Waals surface area contributed by atoms with Crippen LogP contribution in [0.3, 0.4) is 0 Å². The molecule has 0 saturated carbocycles. The lowest BCUT2D eigenvalue weighted by Crippen LogP contribution is -2.25. The predicted molar refractivity (Wildman–Crippen MR) is 65.0 cm³/mol. The third-order valence-corrected chi connectivity index (χ3v) is 2.86. The third-order valence-electron chi connectivity index (χ3n) is 2.86. The van der Waals surface area contributed by atoms with Gasteiger partial charge in [0, 0.05) is 19.4 Å². The van der Waals surface area contributed by atoms with Crippen LogP contribution in [-0.2, 0) is 7.05 Å². The summed E-state index contributed by atoms with van der Waals surface area (Å²) >= 11 is 0. The molecular formula is C13H14F3N3. The summed E-state index contributed by atoms with van der Waals surface area (Å²) in [7, 11) is 1.78. The number of nitrogens with one attached hydrogen (secondary N) is 1. The Bertz CT molecular complexity index is 557. The molecule has 6 heteroatoms. The average Bonchev–Trinajstić information content (AvgIpc) is 2.78. The van der Waals surface area contributed by atoms with Gasteiger partial charge in [-0.2, -0.15) is 0 Å². The highest BCUT2D eigenvalue weighted by Gasteiger charge is 2.21. The first-order valence-electron chi connectivity index (χ1n) is 5.89. The van der Waals surface area contributed by atoms with Crippen LogP contribution in [0.2, 0.25) is 0 Å². The molecule has 3 nitrogen and oxygen atoms in total. The molecule has 0 aliphatic carbocycles. The summed E-state index contributed by atoms with van der Waals surface area (Å²) in [6.07, 6.45) is 3.33. The molecule has 0 bridgehead atoms. The molecule has 0 radical (unpaired) electrons. The van der Waals surface area contributed by atoms with E-state index in [1.807, 2.05) is 6.92 Å². The maximum Gasteiger partial charge on any atom is 0.194 e. The fourth-order valence-corrected chi connectivity index (χ4v) is 1.96. The Hall–Kier alpha value is -1.82. The summed E-state index contributed by atoms with van der Waals surface area (Å²) in [4.78, 5) is 4.15. The Balaban J connectivity index is 2.48. The van der Waals surface area contributed by atoms with E-state index in [0.29, 0.717) is 17.9 Å². The normalized spacial score (nSPS) is 12.7. The zero-order valence-corrected chi connectivity index (χ0v) is 10.6. The molecule has 0 aliphatic heterocycles. The van der Waals surface area contributed by atoms with Gasteiger partial charge in [-0.1, -0.05) is 6.92 Å². The number of nitrogens with zero attached hydrogens (tertiary/aromatic N) is 2. The second kappa shape index (κ2) is 5.44. The van der Waals surface area contributed by atoms with Crippen LogP contribution in [0.1, 0.15) is 24.4 Å². The van der Waals surface area contributed by atoms with Crippen molar-refractivity contribution in [3.8, 4) is 0 Å². The zero-order valence-electron chi connectivity index (χ0n) is 10.6. The monoisotopic (exact) mass is 269 g/mol. The predicted octanol–water partition coefficient (Wildman–Crippen LogP) is 2.54. The third kappa shape index (κ3) is 2.63. The number of benzene rings is 1. The van der Waals surface area contributed by atoms with Gasteiger partial charge in [0.25, 0.3) is 0 Å². The van der Waals surface area contributed by atoms with Crippen molar-refractivity contribution in [3.05, 3.63) is 53.4 Å². The number of hydrogen-bond acceptors (Lipinski definition) is 2. The van der Waals surface area contributed by atoms with Gasteiger partial charge in [0.15, 0.2) is 17.5 Å². The molecule has 1 N–H and O–H groups in total. The van der Waals surface area contributed by atoms with E-state index in [-0.39, 0.29) is 0 Å². The zero-order chi connectivity index (χ0) is 14.0. The number of aryl methyl sites for hydroxylation is 1. The topological polar surface area (TPSA) is 29.9 Å². The van der Waals surface area contributed by atoms with Gasteiger partial charge < -0.3 is 9.88 Å². The Kier molecular flexibility index (Phi) is 3.90. The van der Waals surface area contributed by atoms with Crippen LogP contribution in [0.4, 0.5) is 13.2 Å². The van der Waals surface area contributed by atoms with Gasteiger partial charge in [-0.25, -0.2) is 18.2 Å². The largest absolute Gasteiger partial charge is 0.336 e. The van der Waals surface area contributed by atoms with Crippen molar-refractivity contribution in [3.63, 3.8) is 0 Å². The van der Waals surface area contributed by atoms with E-state index >= 15 is 0 Å². The fraction of sp³-hybridized carbons (Fsp3) is 0.308. The molecule has 1 aromatic carbocycles. The SMILES string of the molecule is CCNC(c1cc(F)c(F)c(F)c1)c1nccn1C. The molecule has 0 amide bonds. The molecule has 2 aromatic rings. The van der Waals surface area contributed by atoms with Crippen LogP contribution in [0, 0.1) is 17.5 Å². The van der Waals surface area contributed by atoms with Crippen LogP contribution in [-0.4, -0.2) is 16.1 Å². The summed E-state index contributed by atoms with van der Waals surface area (Å²) in [6, 6.07) is 1.48. The van der Waals surface area contributed by atoms with Crippen molar-refractivity contribution in [1.29, 1.82) is 0 Å². The Labute approximate surface area is 109 Å². The number of hydrogen-bond donors (Lipinski definition) is 1. The van der Waals surface area contributed by atoms with Crippen LogP contribution < -0.4 is 5.32 Å².